The van der Waals surface area contributed by atoms with Gasteiger partial charge in [0.15, 0.2) is 0 Å². The van der Waals surface area contributed by atoms with Crippen LogP contribution in [-0.4, -0.2) is 17.4 Å². The summed E-state index contributed by atoms with van der Waals surface area (Å²) in [6.07, 6.45) is 2.93. The second-order valence-corrected chi connectivity index (χ2v) is 5.25. The minimum Gasteiger partial charge on any atom is -0.316 e. The van der Waals surface area contributed by atoms with Crippen LogP contribution in [0.15, 0.2) is 35.9 Å². The zero-order valence-electron chi connectivity index (χ0n) is 9.10. The van der Waals surface area contributed by atoms with Gasteiger partial charge >= 0.3 is 0 Å². The number of fused-ring (bicyclic) bond motifs is 3. The first-order chi connectivity index (χ1) is 7.63. The monoisotopic (exact) mass is 231 g/mol. The molecular formula is C13H13NOS. The quantitative estimate of drug-likeness (QED) is 0.537. The van der Waals surface area contributed by atoms with Crippen LogP contribution < -0.4 is 0 Å². The lowest BCUT2D eigenvalue weighted by molar-refractivity contribution is 0.0707. The zero-order chi connectivity index (χ0) is 11.3. The molecule has 0 saturated heterocycles. The molecule has 82 valence electrons. The van der Waals surface area contributed by atoms with Crippen LogP contribution in [0.2, 0.25) is 0 Å². The minimum absolute atomic E-state index is 0.106. The van der Waals surface area contributed by atoms with E-state index in [9.17, 15) is 4.79 Å². The van der Waals surface area contributed by atoms with Crippen molar-refractivity contribution < 1.29 is 4.79 Å². The van der Waals surface area contributed by atoms with Gasteiger partial charge in [-0.2, -0.15) is 0 Å². The summed E-state index contributed by atoms with van der Waals surface area (Å²) in [6.45, 7) is 2.77. The van der Waals surface area contributed by atoms with Crippen LogP contribution in [0.4, 0.5) is 0 Å². The molecule has 2 aliphatic heterocycles. The van der Waals surface area contributed by atoms with E-state index in [4.69, 9.17) is 12.6 Å². The van der Waals surface area contributed by atoms with Crippen molar-refractivity contribution in [1.82, 2.24) is 4.90 Å². The molecule has 16 heavy (non-hydrogen) atoms. The van der Waals surface area contributed by atoms with Crippen LogP contribution in [0.5, 0.6) is 0 Å². The van der Waals surface area contributed by atoms with Crippen LogP contribution in [0, 0.1) is 0 Å². The predicted molar refractivity (Wildman–Crippen MR) is 66.5 cm³/mol. The Kier molecular flexibility index (Phi) is 1.96. The first-order valence-corrected chi connectivity index (χ1v) is 5.87. The van der Waals surface area contributed by atoms with Gasteiger partial charge in [-0.25, -0.2) is 0 Å². The zero-order valence-corrected chi connectivity index (χ0v) is 10.00. The van der Waals surface area contributed by atoms with E-state index in [1.807, 2.05) is 29.2 Å². The van der Waals surface area contributed by atoms with Crippen molar-refractivity contribution in [3.8, 4) is 0 Å². The van der Waals surface area contributed by atoms with Crippen LogP contribution in [-0.2, 0) is 4.87 Å². The maximum Gasteiger partial charge on any atom is 0.255 e. The Morgan fingerprint density at radius 2 is 2.12 bits per heavy atom. The molecule has 3 rings (SSSR count). The van der Waals surface area contributed by atoms with E-state index < -0.39 is 4.87 Å². The van der Waals surface area contributed by atoms with Gasteiger partial charge in [-0.3, -0.25) is 4.79 Å². The van der Waals surface area contributed by atoms with Gasteiger partial charge in [0.05, 0.1) is 0 Å². The second kappa shape index (κ2) is 3.14. The summed E-state index contributed by atoms with van der Waals surface area (Å²) in [7, 11) is 0. The molecule has 2 aliphatic rings. The van der Waals surface area contributed by atoms with Gasteiger partial charge in [0.2, 0.25) is 0 Å². The number of hydrogen-bond acceptors (Lipinski definition) is 2. The third kappa shape index (κ3) is 1.12. The Morgan fingerprint density at radius 1 is 1.38 bits per heavy atom. The average molecular weight is 231 g/mol. The lowest BCUT2D eigenvalue weighted by atomic mass is 9.96. The highest BCUT2D eigenvalue weighted by molar-refractivity contribution is 7.81. The molecule has 0 N–H and O–H groups in total. The van der Waals surface area contributed by atoms with Crippen molar-refractivity contribution in [2.75, 3.05) is 6.54 Å². The topological polar surface area (TPSA) is 20.3 Å². The minimum atomic E-state index is -0.424. The van der Waals surface area contributed by atoms with Crippen LogP contribution in [0.3, 0.4) is 0 Å². The van der Waals surface area contributed by atoms with Crippen molar-refractivity contribution in [1.29, 1.82) is 0 Å². The van der Waals surface area contributed by atoms with E-state index in [2.05, 4.69) is 13.0 Å². The highest BCUT2D eigenvalue weighted by Gasteiger charge is 2.47. The molecular weight excluding hydrogens is 218 g/mol. The third-order valence-electron chi connectivity index (χ3n) is 3.43. The number of rotatable bonds is 0. The maximum atomic E-state index is 12.2. The SMILES string of the molecule is CC1=CCN2C(=O)c3ccccc3C2(S)C1. The lowest BCUT2D eigenvalue weighted by Gasteiger charge is -2.38. The highest BCUT2D eigenvalue weighted by Crippen LogP contribution is 2.47. The Balaban J connectivity index is 2.21. The second-order valence-electron chi connectivity index (χ2n) is 4.51. The Bertz CT molecular complexity index is 508. The first-order valence-electron chi connectivity index (χ1n) is 5.42. The summed E-state index contributed by atoms with van der Waals surface area (Å²) in [5.41, 5.74) is 3.16. The van der Waals surface area contributed by atoms with Gasteiger partial charge in [-0.05, 0) is 13.0 Å². The molecule has 1 unspecified atom stereocenters. The van der Waals surface area contributed by atoms with Crippen molar-refractivity contribution in [2.45, 2.75) is 18.2 Å². The Morgan fingerprint density at radius 3 is 2.94 bits per heavy atom. The third-order valence-corrected chi connectivity index (χ3v) is 4.07. The summed E-state index contributed by atoms with van der Waals surface area (Å²) in [4.78, 5) is 13.6. The summed E-state index contributed by atoms with van der Waals surface area (Å²) >= 11 is 4.77. The van der Waals surface area contributed by atoms with Crippen LogP contribution in [0.25, 0.3) is 0 Å². The standard InChI is InChI=1S/C13H13NOS/c1-9-6-7-14-12(15)10-4-2-3-5-11(10)13(14,16)8-9/h2-6,16H,7-8H2,1H3. The molecule has 0 radical (unpaired) electrons. The number of benzene rings is 1. The van der Waals surface area contributed by atoms with Crippen molar-refractivity contribution in [2.24, 2.45) is 0 Å². The van der Waals surface area contributed by atoms with E-state index >= 15 is 0 Å². The van der Waals surface area contributed by atoms with Gasteiger partial charge in [0, 0.05) is 24.1 Å². The van der Waals surface area contributed by atoms with Crippen molar-refractivity contribution in [3.63, 3.8) is 0 Å². The van der Waals surface area contributed by atoms with Crippen molar-refractivity contribution >= 4 is 18.5 Å². The molecule has 2 heterocycles. The largest absolute Gasteiger partial charge is 0.316 e. The summed E-state index contributed by atoms with van der Waals surface area (Å²) in [5.74, 6) is 0.106. The molecule has 1 atom stereocenters. The van der Waals surface area contributed by atoms with Gasteiger partial charge in [0.25, 0.3) is 5.91 Å². The predicted octanol–water partition coefficient (Wildman–Crippen LogP) is 2.58. The molecule has 0 bridgehead atoms. The molecule has 3 heteroatoms. The molecule has 1 amide bonds. The number of carbonyl (C=O) groups is 1. The number of hydrogen-bond donors (Lipinski definition) is 1. The number of carbonyl (C=O) groups excluding carboxylic acids is 1. The smallest absolute Gasteiger partial charge is 0.255 e. The molecule has 0 aliphatic carbocycles. The lowest BCUT2D eigenvalue weighted by Crippen LogP contribution is -2.42. The fourth-order valence-corrected chi connectivity index (χ4v) is 3.23. The fourth-order valence-electron chi connectivity index (χ4n) is 2.61. The summed E-state index contributed by atoms with van der Waals surface area (Å²) < 4.78 is 0. The molecule has 0 aromatic heterocycles. The highest BCUT2D eigenvalue weighted by atomic mass is 32.1. The van der Waals surface area contributed by atoms with Gasteiger partial charge in [-0.1, -0.05) is 29.8 Å². The van der Waals surface area contributed by atoms with E-state index in [-0.39, 0.29) is 5.91 Å². The Hall–Kier alpha value is -1.22. The van der Waals surface area contributed by atoms with E-state index in [1.54, 1.807) is 0 Å². The van der Waals surface area contributed by atoms with Gasteiger partial charge < -0.3 is 4.90 Å². The van der Waals surface area contributed by atoms with E-state index in [1.165, 1.54) is 5.57 Å². The van der Waals surface area contributed by atoms with Gasteiger partial charge in [0.1, 0.15) is 4.87 Å². The molecule has 0 fully saturated rings. The normalized spacial score (nSPS) is 27.5. The fraction of sp³-hybridized carbons (Fsp3) is 0.308. The molecule has 1 aromatic carbocycles. The van der Waals surface area contributed by atoms with Crippen LogP contribution in [0.1, 0.15) is 29.3 Å². The summed E-state index contributed by atoms with van der Waals surface area (Å²) in [6, 6.07) is 7.79. The van der Waals surface area contributed by atoms with Crippen molar-refractivity contribution in [3.05, 3.63) is 47.0 Å². The molecule has 0 saturated carbocycles. The Labute approximate surface area is 100 Å². The molecule has 2 nitrogen and oxygen atoms in total. The number of thiol groups is 1. The van der Waals surface area contributed by atoms with E-state index in [0.29, 0.717) is 6.54 Å². The first kappa shape index (κ1) is 9.97. The molecule has 0 spiro atoms. The maximum absolute atomic E-state index is 12.2. The number of nitrogens with zero attached hydrogens (tertiary/aromatic N) is 1. The van der Waals surface area contributed by atoms with Crippen LogP contribution >= 0.6 is 12.6 Å². The average Bonchev–Trinajstić information content (AvgIpc) is 2.49. The molecule has 1 aromatic rings. The summed E-state index contributed by atoms with van der Waals surface area (Å²) in [5, 5.41) is 0. The van der Waals surface area contributed by atoms with Gasteiger partial charge in [-0.15, -0.1) is 12.6 Å². The number of amides is 1. The van der Waals surface area contributed by atoms with E-state index in [0.717, 1.165) is 17.5 Å².